The molecule has 176 valence electrons. The zero-order valence-electron chi connectivity index (χ0n) is 19.2. The highest BCUT2D eigenvalue weighted by molar-refractivity contribution is 6.42. The van der Waals surface area contributed by atoms with Gasteiger partial charge in [0.2, 0.25) is 5.91 Å². The van der Waals surface area contributed by atoms with Gasteiger partial charge < -0.3 is 14.4 Å². The molecule has 5 nitrogen and oxygen atoms in total. The predicted molar refractivity (Wildman–Crippen MR) is 132 cm³/mol. The maximum absolute atomic E-state index is 13.1. The molecule has 0 bridgehead atoms. The van der Waals surface area contributed by atoms with Gasteiger partial charge in [-0.25, -0.2) is 0 Å². The summed E-state index contributed by atoms with van der Waals surface area (Å²) in [7, 11) is 3.51. The summed E-state index contributed by atoms with van der Waals surface area (Å²) in [6, 6.07) is 5.15. The Kier molecular flexibility index (Phi) is 11.5. The van der Waals surface area contributed by atoms with Gasteiger partial charge in [-0.15, -0.1) is 0 Å². The third-order valence-corrected chi connectivity index (χ3v) is 6.28. The molecule has 0 aromatic heterocycles. The molecule has 2 rings (SSSR count). The van der Waals surface area contributed by atoms with E-state index >= 15 is 0 Å². The molecule has 0 unspecified atom stereocenters. The van der Waals surface area contributed by atoms with Gasteiger partial charge in [-0.3, -0.25) is 9.69 Å². The highest BCUT2D eigenvalue weighted by atomic mass is 35.5. The van der Waals surface area contributed by atoms with E-state index in [1.54, 1.807) is 24.1 Å². The molecule has 1 aromatic carbocycles. The van der Waals surface area contributed by atoms with Crippen molar-refractivity contribution in [2.75, 3.05) is 47.0 Å². The lowest BCUT2D eigenvalue weighted by molar-refractivity contribution is -0.130. The predicted octanol–water partition coefficient (Wildman–Crippen LogP) is 4.79. The van der Waals surface area contributed by atoms with Gasteiger partial charge in [0, 0.05) is 33.8 Å². The Morgan fingerprint density at radius 3 is 2.78 bits per heavy atom. The number of likely N-dealkylation sites (tertiary alicyclic amines) is 1. The summed E-state index contributed by atoms with van der Waals surface area (Å²) in [5.41, 5.74) is 1.72. The topological polar surface area (TPSA) is 42.0 Å². The Bertz CT molecular complexity index is 825. The van der Waals surface area contributed by atoms with Crippen molar-refractivity contribution in [1.82, 2.24) is 9.80 Å². The van der Waals surface area contributed by atoms with Crippen LogP contribution in [-0.4, -0.2) is 74.9 Å². The van der Waals surface area contributed by atoms with Gasteiger partial charge in [-0.2, -0.15) is 0 Å². The minimum atomic E-state index is -0.149. The normalized spacial score (nSPS) is 18.0. The number of amides is 1. The quantitative estimate of drug-likeness (QED) is 0.318. The van der Waals surface area contributed by atoms with Gasteiger partial charge in [0.15, 0.2) is 0 Å². The van der Waals surface area contributed by atoms with Crippen LogP contribution in [0.1, 0.15) is 18.9 Å². The minimum absolute atomic E-state index is 0.000985. The SMILES string of the molecule is C=C(/C=C\C=C/C)[C@@H](CN1CC[C@H](OCCOC)C1)N(C)C(=O)Cc1ccc(Cl)c(Cl)c1. The van der Waals surface area contributed by atoms with Crippen molar-refractivity contribution in [3.8, 4) is 0 Å². The van der Waals surface area contributed by atoms with Crippen molar-refractivity contribution in [1.29, 1.82) is 0 Å². The number of halogens is 2. The van der Waals surface area contributed by atoms with Crippen LogP contribution in [0.3, 0.4) is 0 Å². The highest BCUT2D eigenvalue weighted by Crippen LogP contribution is 2.24. The molecular weight excluding hydrogens is 447 g/mol. The van der Waals surface area contributed by atoms with Crippen molar-refractivity contribution < 1.29 is 14.3 Å². The molecule has 1 heterocycles. The molecule has 32 heavy (non-hydrogen) atoms. The second kappa shape index (κ2) is 13.8. The Morgan fingerprint density at radius 1 is 1.31 bits per heavy atom. The monoisotopic (exact) mass is 480 g/mol. The van der Waals surface area contributed by atoms with Crippen LogP contribution in [0.2, 0.25) is 10.0 Å². The number of hydrogen-bond donors (Lipinski definition) is 0. The van der Waals surface area contributed by atoms with E-state index in [0.29, 0.717) is 29.8 Å². The van der Waals surface area contributed by atoms with Crippen molar-refractivity contribution in [2.45, 2.75) is 31.9 Å². The fourth-order valence-electron chi connectivity index (χ4n) is 3.65. The summed E-state index contributed by atoms with van der Waals surface area (Å²) in [6.45, 7) is 9.87. The molecular formula is C25H34Cl2N2O3. The minimum Gasteiger partial charge on any atom is -0.382 e. The van der Waals surface area contributed by atoms with E-state index in [4.69, 9.17) is 32.7 Å². The standard InChI is InChI=1S/C25H34Cl2N2O3/c1-5-6-7-8-19(2)24(18-29-12-11-21(17-29)32-14-13-31-4)28(3)25(30)16-20-9-10-22(26)23(27)15-20/h5-10,15,21,24H,2,11-14,16-18H2,1,3-4H3/b6-5-,8-7-/t21-,24+/m0/s1. The van der Waals surface area contributed by atoms with Gasteiger partial charge in [0.1, 0.15) is 0 Å². The molecule has 1 aromatic rings. The summed E-state index contributed by atoms with van der Waals surface area (Å²) < 4.78 is 11.0. The summed E-state index contributed by atoms with van der Waals surface area (Å²) in [5.74, 6) is 0.000985. The number of rotatable bonds is 12. The Hall–Kier alpha value is -1.63. The highest BCUT2D eigenvalue weighted by Gasteiger charge is 2.29. The molecule has 1 aliphatic heterocycles. The molecule has 7 heteroatoms. The van der Waals surface area contributed by atoms with E-state index in [-0.39, 0.29) is 24.5 Å². The number of carbonyl (C=O) groups excluding carboxylic acids is 1. The molecule has 0 spiro atoms. The maximum Gasteiger partial charge on any atom is 0.227 e. The molecule has 1 aliphatic rings. The second-order valence-corrected chi connectivity index (χ2v) is 8.75. The number of ether oxygens (including phenoxy) is 2. The number of benzene rings is 1. The molecule has 0 radical (unpaired) electrons. The molecule has 0 saturated carbocycles. The average molecular weight is 481 g/mol. The van der Waals surface area contributed by atoms with Crippen molar-refractivity contribution in [2.24, 2.45) is 0 Å². The smallest absolute Gasteiger partial charge is 0.227 e. The lowest BCUT2D eigenvalue weighted by Crippen LogP contribution is -2.46. The van der Waals surface area contributed by atoms with Crippen LogP contribution in [-0.2, 0) is 20.7 Å². The van der Waals surface area contributed by atoms with Gasteiger partial charge in [0.05, 0.1) is 41.8 Å². The van der Waals surface area contributed by atoms with E-state index in [0.717, 1.165) is 30.6 Å². The number of likely N-dealkylation sites (N-methyl/N-ethyl adjacent to an activating group) is 1. The van der Waals surface area contributed by atoms with Crippen LogP contribution in [0.25, 0.3) is 0 Å². The molecule has 1 saturated heterocycles. The van der Waals surface area contributed by atoms with Crippen LogP contribution in [0.4, 0.5) is 0 Å². The number of carbonyl (C=O) groups is 1. The largest absolute Gasteiger partial charge is 0.382 e. The van der Waals surface area contributed by atoms with Gasteiger partial charge in [-0.05, 0) is 36.6 Å². The summed E-state index contributed by atoms with van der Waals surface area (Å²) >= 11 is 12.1. The fraction of sp³-hybridized carbons (Fsp3) is 0.480. The summed E-state index contributed by atoms with van der Waals surface area (Å²) in [4.78, 5) is 17.2. The Balaban J connectivity index is 2.07. The molecule has 0 aliphatic carbocycles. The third kappa shape index (κ3) is 8.38. The van der Waals surface area contributed by atoms with Crippen LogP contribution in [0, 0.1) is 0 Å². The first-order valence-electron chi connectivity index (χ1n) is 10.9. The van der Waals surface area contributed by atoms with Crippen LogP contribution in [0.15, 0.2) is 54.7 Å². The van der Waals surface area contributed by atoms with E-state index in [1.807, 2.05) is 44.3 Å². The van der Waals surface area contributed by atoms with E-state index in [1.165, 1.54) is 0 Å². The number of methoxy groups -OCH3 is 1. The third-order valence-electron chi connectivity index (χ3n) is 5.54. The zero-order valence-corrected chi connectivity index (χ0v) is 20.7. The molecule has 0 N–H and O–H groups in total. The first-order valence-corrected chi connectivity index (χ1v) is 11.6. The van der Waals surface area contributed by atoms with Gasteiger partial charge >= 0.3 is 0 Å². The van der Waals surface area contributed by atoms with Gasteiger partial charge in [0.25, 0.3) is 0 Å². The zero-order chi connectivity index (χ0) is 23.5. The molecule has 2 atom stereocenters. The summed E-state index contributed by atoms with van der Waals surface area (Å²) in [5, 5.41) is 0.930. The lowest BCUT2D eigenvalue weighted by atomic mass is 10.0. The van der Waals surface area contributed by atoms with Crippen LogP contribution in [0.5, 0.6) is 0 Å². The number of allylic oxidation sites excluding steroid dienone is 3. The second-order valence-electron chi connectivity index (χ2n) is 7.94. The Morgan fingerprint density at radius 2 is 2.09 bits per heavy atom. The van der Waals surface area contributed by atoms with E-state index < -0.39 is 0 Å². The van der Waals surface area contributed by atoms with E-state index in [2.05, 4.69) is 11.5 Å². The number of nitrogens with zero attached hydrogens (tertiary/aromatic N) is 2. The Labute approximate surface area is 202 Å². The summed E-state index contributed by atoms with van der Waals surface area (Å²) in [6.07, 6.45) is 9.24. The van der Waals surface area contributed by atoms with Crippen molar-refractivity contribution in [3.63, 3.8) is 0 Å². The first-order chi connectivity index (χ1) is 15.3. The van der Waals surface area contributed by atoms with Crippen LogP contribution >= 0.6 is 23.2 Å². The fourth-order valence-corrected chi connectivity index (χ4v) is 3.97. The van der Waals surface area contributed by atoms with Crippen molar-refractivity contribution in [3.05, 3.63) is 70.3 Å². The first kappa shape index (κ1) is 26.6. The van der Waals surface area contributed by atoms with Gasteiger partial charge in [-0.1, -0.05) is 60.2 Å². The molecule has 1 fully saturated rings. The van der Waals surface area contributed by atoms with Crippen molar-refractivity contribution >= 4 is 29.1 Å². The average Bonchev–Trinajstić information content (AvgIpc) is 3.21. The van der Waals surface area contributed by atoms with E-state index in [9.17, 15) is 4.79 Å². The number of hydrogen-bond acceptors (Lipinski definition) is 4. The maximum atomic E-state index is 13.1. The molecule has 1 amide bonds. The lowest BCUT2D eigenvalue weighted by Gasteiger charge is -2.32. The van der Waals surface area contributed by atoms with Crippen LogP contribution < -0.4 is 0 Å².